The third kappa shape index (κ3) is 2.94. The molecule has 0 unspecified atom stereocenters. The third-order valence-electron chi connectivity index (χ3n) is 3.79. The maximum Gasteiger partial charge on any atom is 0.195 e. The number of carbonyl (C=O) groups excluding carboxylic acids is 1. The lowest BCUT2D eigenvalue weighted by Gasteiger charge is -2.10. The van der Waals surface area contributed by atoms with E-state index in [0.717, 1.165) is 6.42 Å². The molecule has 3 aromatic rings. The number of aromatic amines is 1. The largest absolute Gasteiger partial charge is 0.289 e. The molecule has 0 amide bonds. The van der Waals surface area contributed by atoms with Crippen LogP contribution >= 0.6 is 0 Å². The summed E-state index contributed by atoms with van der Waals surface area (Å²) in [7, 11) is -3.62. The van der Waals surface area contributed by atoms with Gasteiger partial charge in [0.2, 0.25) is 0 Å². The van der Waals surface area contributed by atoms with Crippen molar-refractivity contribution in [2.45, 2.75) is 24.7 Å². The molecule has 7 heteroatoms. The van der Waals surface area contributed by atoms with Gasteiger partial charge in [-0.15, -0.1) is 0 Å². The molecule has 124 valence electrons. The predicted octanol–water partition coefficient (Wildman–Crippen LogP) is 2.76. The molecule has 2 heterocycles. The van der Waals surface area contributed by atoms with Crippen LogP contribution in [-0.2, 0) is 9.84 Å². The van der Waals surface area contributed by atoms with E-state index in [0.29, 0.717) is 23.0 Å². The minimum atomic E-state index is -3.62. The molecule has 1 aromatic carbocycles. The van der Waals surface area contributed by atoms with Gasteiger partial charge in [0.05, 0.1) is 27.8 Å². The van der Waals surface area contributed by atoms with Crippen LogP contribution in [0, 0.1) is 0 Å². The highest BCUT2D eigenvalue weighted by Gasteiger charge is 2.27. The van der Waals surface area contributed by atoms with Crippen LogP contribution in [-0.4, -0.2) is 35.1 Å². The molecule has 0 aliphatic carbocycles. The van der Waals surface area contributed by atoms with Gasteiger partial charge in [-0.05, 0) is 6.42 Å². The SMILES string of the molecule is CCCCS(=O)(=O)c1c(C(=O)c2ccccc2)cnc2[nH]ncc12. The molecule has 0 spiro atoms. The van der Waals surface area contributed by atoms with E-state index in [1.54, 1.807) is 30.3 Å². The van der Waals surface area contributed by atoms with Crippen molar-refractivity contribution in [3.8, 4) is 0 Å². The fourth-order valence-corrected chi connectivity index (χ4v) is 4.39. The fraction of sp³-hybridized carbons (Fsp3) is 0.235. The highest BCUT2D eigenvalue weighted by molar-refractivity contribution is 7.91. The summed E-state index contributed by atoms with van der Waals surface area (Å²) in [5.74, 6) is -0.371. The zero-order chi connectivity index (χ0) is 17.2. The molecule has 2 aromatic heterocycles. The number of hydrogen-bond donors (Lipinski definition) is 1. The Balaban J connectivity index is 2.22. The average molecular weight is 343 g/mol. The Morgan fingerprint density at radius 2 is 1.92 bits per heavy atom. The van der Waals surface area contributed by atoms with E-state index >= 15 is 0 Å². The Hall–Kier alpha value is -2.54. The maximum atomic E-state index is 12.8. The van der Waals surface area contributed by atoms with E-state index in [2.05, 4.69) is 15.2 Å². The van der Waals surface area contributed by atoms with Crippen molar-refractivity contribution in [2.75, 3.05) is 5.75 Å². The van der Waals surface area contributed by atoms with Gasteiger partial charge < -0.3 is 0 Å². The highest BCUT2D eigenvalue weighted by Crippen LogP contribution is 2.27. The second kappa shape index (κ2) is 6.52. The fourth-order valence-electron chi connectivity index (χ4n) is 2.55. The molecule has 0 radical (unpaired) electrons. The number of benzene rings is 1. The van der Waals surface area contributed by atoms with Crippen LogP contribution in [0.25, 0.3) is 11.0 Å². The van der Waals surface area contributed by atoms with Crippen molar-refractivity contribution >= 4 is 26.7 Å². The van der Waals surface area contributed by atoms with Crippen molar-refractivity contribution in [3.05, 3.63) is 53.9 Å². The second-order valence-electron chi connectivity index (χ2n) is 5.50. The standard InChI is InChI=1S/C17H17N3O3S/c1-2-3-9-24(22,23)16-13(10-18-17-14(16)11-19-20-17)15(21)12-7-5-4-6-8-12/h4-8,10-11H,2-3,9H2,1H3,(H,18,19,20). The molecule has 24 heavy (non-hydrogen) atoms. The minimum Gasteiger partial charge on any atom is -0.289 e. The molecule has 0 aliphatic heterocycles. The minimum absolute atomic E-state index is 0.0110. The third-order valence-corrected chi connectivity index (χ3v) is 5.68. The van der Waals surface area contributed by atoms with Crippen LogP contribution in [0.3, 0.4) is 0 Å². The summed E-state index contributed by atoms with van der Waals surface area (Å²) in [6.45, 7) is 1.92. The van der Waals surface area contributed by atoms with E-state index in [1.807, 2.05) is 6.92 Å². The van der Waals surface area contributed by atoms with Gasteiger partial charge in [0.25, 0.3) is 0 Å². The number of nitrogens with one attached hydrogen (secondary N) is 1. The zero-order valence-corrected chi connectivity index (χ0v) is 14.0. The lowest BCUT2D eigenvalue weighted by atomic mass is 10.0. The maximum absolute atomic E-state index is 12.8. The van der Waals surface area contributed by atoms with Gasteiger partial charge in [-0.3, -0.25) is 9.89 Å². The first-order chi connectivity index (χ1) is 11.5. The number of pyridine rings is 1. The Morgan fingerprint density at radius 3 is 2.62 bits per heavy atom. The highest BCUT2D eigenvalue weighted by atomic mass is 32.2. The predicted molar refractivity (Wildman–Crippen MR) is 90.7 cm³/mol. The first-order valence-electron chi connectivity index (χ1n) is 7.69. The molecule has 0 bridgehead atoms. The number of ketones is 1. The van der Waals surface area contributed by atoms with Crippen molar-refractivity contribution in [3.63, 3.8) is 0 Å². The van der Waals surface area contributed by atoms with Gasteiger partial charge in [-0.1, -0.05) is 43.7 Å². The number of nitrogens with zero attached hydrogens (tertiary/aromatic N) is 2. The Labute approximate surface area is 139 Å². The number of unbranched alkanes of at least 4 members (excludes halogenated alkanes) is 1. The van der Waals surface area contributed by atoms with E-state index in [9.17, 15) is 13.2 Å². The van der Waals surface area contributed by atoms with Crippen molar-refractivity contribution in [2.24, 2.45) is 0 Å². The Morgan fingerprint density at radius 1 is 1.17 bits per heavy atom. The van der Waals surface area contributed by atoms with E-state index in [4.69, 9.17) is 0 Å². The van der Waals surface area contributed by atoms with Gasteiger partial charge in [-0.2, -0.15) is 5.10 Å². The molecular formula is C17H17N3O3S. The first-order valence-corrected chi connectivity index (χ1v) is 9.34. The van der Waals surface area contributed by atoms with E-state index in [-0.39, 0.29) is 22.0 Å². The van der Waals surface area contributed by atoms with Crippen LogP contribution < -0.4 is 0 Å². The summed E-state index contributed by atoms with van der Waals surface area (Å²) in [5.41, 5.74) is 0.870. The molecule has 0 atom stereocenters. The topological polar surface area (TPSA) is 92.8 Å². The van der Waals surface area contributed by atoms with Gasteiger partial charge in [0.15, 0.2) is 21.3 Å². The van der Waals surface area contributed by atoms with Crippen molar-refractivity contribution < 1.29 is 13.2 Å². The van der Waals surface area contributed by atoms with Gasteiger partial charge >= 0.3 is 0 Å². The number of H-pyrrole nitrogens is 1. The van der Waals surface area contributed by atoms with Crippen LogP contribution in [0.2, 0.25) is 0 Å². The molecule has 0 saturated carbocycles. The second-order valence-corrected chi connectivity index (χ2v) is 7.55. The molecule has 1 N–H and O–H groups in total. The number of aromatic nitrogens is 3. The average Bonchev–Trinajstić information content (AvgIpc) is 3.07. The summed E-state index contributed by atoms with van der Waals surface area (Å²) in [6.07, 6.45) is 4.00. The smallest absolute Gasteiger partial charge is 0.195 e. The molecule has 6 nitrogen and oxygen atoms in total. The summed E-state index contributed by atoms with van der Waals surface area (Å²) in [4.78, 5) is 17.0. The van der Waals surface area contributed by atoms with E-state index < -0.39 is 9.84 Å². The lowest BCUT2D eigenvalue weighted by Crippen LogP contribution is -2.14. The van der Waals surface area contributed by atoms with Crippen LogP contribution in [0.1, 0.15) is 35.7 Å². The Bertz CT molecular complexity index is 979. The number of sulfone groups is 1. The number of hydrogen-bond acceptors (Lipinski definition) is 5. The zero-order valence-electron chi connectivity index (χ0n) is 13.2. The van der Waals surface area contributed by atoms with Crippen LogP contribution in [0.5, 0.6) is 0 Å². The first kappa shape index (κ1) is 16.3. The summed E-state index contributed by atoms with van der Waals surface area (Å²) in [6, 6.07) is 8.59. The summed E-state index contributed by atoms with van der Waals surface area (Å²) in [5, 5.41) is 6.88. The lowest BCUT2D eigenvalue weighted by molar-refractivity contribution is 0.103. The van der Waals surface area contributed by atoms with E-state index in [1.165, 1.54) is 12.4 Å². The molecule has 0 saturated heterocycles. The van der Waals surface area contributed by atoms with Gasteiger partial charge in [0, 0.05) is 11.8 Å². The number of fused-ring (bicyclic) bond motifs is 1. The monoisotopic (exact) mass is 343 g/mol. The molecule has 3 rings (SSSR count). The Kier molecular flexibility index (Phi) is 4.44. The van der Waals surface area contributed by atoms with Crippen molar-refractivity contribution in [1.29, 1.82) is 0 Å². The molecular weight excluding hydrogens is 326 g/mol. The molecule has 0 fully saturated rings. The normalized spacial score (nSPS) is 11.7. The van der Waals surface area contributed by atoms with Crippen LogP contribution in [0.4, 0.5) is 0 Å². The van der Waals surface area contributed by atoms with Crippen molar-refractivity contribution in [1.82, 2.24) is 15.2 Å². The van der Waals surface area contributed by atoms with Crippen LogP contribution in [0.15, 0.2) is 47.6 Å². The van der Waals surface area contributed by atoms with Gasteiger partial charge in [0.1, 0.15) is 0 Å². The summed E-state index contributed by atoms with van der Waals surface area (Å²) >= 11 is 0. The quantitative estimate of drug-likeness (QED) is 0.695. The number of rotatable bonds is 6. The summed E-state index contributed by atoms with van der Waals surface area (Å²) < 4.78 is 25.7. The molecule has 0 aliphatic rings. The number of carbonyl (C=O) groups is 1. The van der Waals surface area contributed by atoms with Gasteiger partial charge in [-0.25, -0.2) is 13.4 Å².